The van der Waals surface area contributed by atoms with Gasteiger partial charge in [-0.05, 0) is 42.6 Å². The van der Waals surface area contributed by atoms with Gasteiger partial charge in [-0.1, -0.05) is 0 Å². The second-order valence-electron chi connectivity index (χ2n) is 7.10. The third-order valence-electron chi connectivity index (χ3n) is 5.14. The molecule has 8 heteroatoms. The zero-order chi connectivity index (χ0) is 20.2. The van der Waals surface area contributed by atoms with E-state index in [-0.39, 0.29) is 11.7 Å². The minimum atomic E-state index is -0.0150. The zero-order valence-electron chi connectivity index (χ0n) is 16.3. The molecule has 7 nitrogen and oxygen atoms in total. The first-order chi connectivity index (χ1) is 14.1. The summed E-state index contributed by atoms with van der Waals surface area (Å²) >= 11 is 1.63. The molecule has 3 aromatic rings. The summed E-state index contributed by atoms with van der Waals surface area (Å²) in [5, 5.41) is 6.06. The molecule has 0 aliphatic carbocycles. The molecule has 1 fully saturated rings. The lowest BCUT2D eigenvalue weighted by Crippen LogP contribution is -2.47. The number of piperazine rings is 1. The molecule has 0 bridgehead atoms. The summed E-state index contributed by atoms with van der Waals surface area (Å²) in [5.74, 6) is 1.00. The molecule has 29 heavy (non-hydrogen) atoms. The van der Waals surface area contributed by atoms with Crippen molar-refractivity contribution in [2.45, 2.75) is 13.3 Å². The number of carbonyl (C=O) groups is 2. The van der Waals surface area contributed by atoms with Gasteiger partial charge < -0.3 is 10.2 Å². The highest BCUT2D eigenvalue weighted by Gasteiger charge is 2.20. The molecule has 0 radical (unpaired) electrons. The Bertz CT molecular complexity index is 1010. The van der Waals surface area contributed by atoms with E-state index in [4.69, 9.17) is 0 Å². The topological polar surface area (TPSA) is 78.4 Å². The van der Waals surface area contributed by atoms with Crippen LogP contribution in [0.25, 0.3) is 10.2 Å². The van der Waals surface area contributed by atoms with Crippen LogP contribution in [-0.4, -0.2) is 59.3 Å². The molecule has 3 heterocycles. The number of thiophene rings is 1. The second kappa shape index (κ2) is 8.67. The van der Waals surface area contributed by atoms with Crippen LogP contribution >= 0.6 is 11.3 Å². The first kappa shape index (κ1) is 19.5. The van der Waals surface area contributed by atoms with Crippen LogP contribution in [0, 0.1) is 0 Å². The Hall–Kier alpha value is -2.84. The predicted molar refractivity (Wildman–Crippen MR) is 116 cm³/mol. The van der Waals surface area contributed by atoms with E-state index < -0.39 is 0 Å². The number of benzene rings is 1. The third kappa shape index (κ3) is 4.60. The molecule has 150 valence electrons. The van der Waals surface area contributed by atoms with Crippen LogP contribution < -0.4 is 10.2 Å². The van der Waals surface area contributed by atoms with Gasteiger partial charge >= 0.3 is 0 Å². The number of Topliss-reactive ketones (excluding diaryl/α,β-unsaturated/α-hetero) is 1. The summed E-state index contributed by atoms with van der Waals surface area (Å²) in [6.07, 6.45) is 2.07. The molecule has 0 atom stereocenters. The van der Waals surface area contributed by atoms with Crippen LogP contribution in [0.2, 0.25) is 0 Å². The number of carbonyl (C=O) groups excluding carboxylic acids is 2. The highest BCUT2D eigenvalue weighted by Crippen LogP contribution is 2.27. The van der Waals surface area contributed by atoms with E-state index in [9.17, 15) is 9.59 Å². The number of aromatic nitrogens is 2. The number of hydrogen-bond donors (Lipinski definition) is 1. The summed E-state index contributed by atoms with van der Waals surface area (Å²) in [7, 11) is 0. The smallest absolute Gasteiger partial charge is 0.225 e. The second-order valence-corrected chi connectivity index (χ2v) is 7.99. The predicted octanol–water partition coefficient (Wildman–Crippen LogP) is 3.04. The highest BCUT2D eigenvalue weighted by atomic mass is 32.1. The van der Waals surface area contributed by atoms with Gasteiger partial charge in [0.15, 0.2) is 5.78 Å². The Morgan fingerprint density at radius 3 is 2.55 bits per heavy atom. The van der Waals surface area contributed by atoms with Gasteiger partial charge in [0, 0.05) is 50.4 Å². The fraction of sp³-hybridized carbons (Fsp3) is 0.333. The van der Waals surface area contributed by atoms with Gasteiger partial charge in [-0.15, -0.1) is 11.3 Å². The number of anilines is 2. The van der Waals surface area contributed by atoms with Gasteiger partial charge in [-0.3, -0.25) is 14.5 Å². The molecule has 2 aromatic heterocycles. The van der Waals surface area contributed by atoms with Crippen LogP contribution in [0.15, 0.2) is 42.0 Å². The van der Waals surface area contributed by atoms with Gasteiger partial charge in [-0.2, -0.15) is 0 Å². The maximum atomic E-state index is 12.2. The summed E-state index contributed by atoms with van der Waals surface area (Å²) in [4.78, 5) is 38.0. The highest BCUT2D eigenvalue weighted by molar-refractivity contribution is 7.16. The summed E-state index contributed by atoms with van der Waals surface area (Å²) in [6, 6.07) is 9.07. The first-order valence-corrected chi connectivity index (χ1v) is 10.5. The fourth-order valence-electron chi connectivity index (χ4n) is 3.48. The van der Waals surface area contributed by atoms with Gasteiger partial charge in [0.25, 0.3) is 0 Å². The number of ketones is 1. The summed E-state index contributed by atoms with van der Waals surface area (Å²) in [6.45, 7) is 5.82. The molecule has 1 aliphatic rings. The average molecular weight is 410 g/mol. The Morgan fingerprint density at radius 1 is 1.07 bits per heavy atom. The van der Waals surface area contributed by atoms with E-state index in [0.29, 0.717) is 17.7 Å². The SMILES string of the molecule is CC(=O)c1ccc(NC(=O)CCN2CCN(c3ncnc4sccc34)CC2)cc1. The lowest BCUT2D eigenvalue weighted by molar-refractivity contribution is -0.116. The monoisotopic (exact) mass is 409 g/mol. The average Bonchev–Trinajstić information content (AvgIpc) is 3.22. The molecule has 0 spiro atoms. The minimum Gasteiger partial charge on any atom is -0.353 e. The molecule has 1 aliphatic heterocycles. The van der Waals surface area contributed by atoms with Crippen molar-refractivity contribution in [2.24, 2.45) is 0 Å². The molecule has 4 rings (SSSR count). The standard InChI is InChI=1S/C21H23N5O2S/c1-15(27)16-2-4-17(5-3-16)24-19(28)6-8-25-9-11-26(12-10-25)20-18-7-13-29-21(18)23-14-22-20/h2-5,7,13-14H,6,8-12H2,1H3,(H,24,28). The van der Waals surface area contributed by atoms with E-state index in [0.717, 1.165) is 48.8 Å². The van der Waals surface area contributed by atoms with Crippen LogP contribution in [0.4, 0.5) is 11.5 Å². The molecule has 0 unspecified atom stereocenters. The number of nitrogens with one attached hydrogen (secondary N) is 1. The van der Waals surface area contributed by atoms with E-state index in [1.807, 2.05) is 5.38 Å². The normalized spacial score (nSPS) is 14.9. The molecule has 1 aromatic carbocycles. The van der Waals surface area contributed by atoms with Crippen molar-refractivity contribution in [3.63, 3.8) is 0 Å². The number of hydrogen-bond acceptors (Lipinski definition) is 7. The molecule has 1 N–H and O–H groups in total. The van der Waals surface area contributed by atoms with Gasteiger partial charge in [0.05, 0.1) is 5.39 Å². The van der Waals surface area contributed by atoms with E-state index in [1.165, 1.54) is 6.92 Å². The maximum Gasteiger partial charge on any atom is 0.225 e. The summed E-state index contributed by atoms with van der Waals surface area (Å²) < 4.78 is 0. The maximum absolute atomic E-state index is 12.2. The van der Waals surface area contributed by atoms with Crippen molar-refractivity contribution in [2.75, 3.05) is 42.9 Å². The number of fused-ring (bicyclic) bond motifs is 1. The van der Waals surface area contributed by atoms with E-state index >= 15 is 0 Å². The Morgan fingerprint density at radius 2 is 1.83 bits per heavy atom. The van der Waals surface area contributed by atoms with Gasteiger partial charge in [0.1, 0.15) is 17.0 Å². The van der Waals surface area contributed by atoms with Crippen molar-refractivity contribution in [3.05, 3.63) is 47.6 Å². The van der Waals surface area contributed by atoms with Crippen LogP contribution in [0.3, 0.4) is 0 Å². The molecular formula is C21H23N5O2S. The minimum absolute atomic E-state index is 0.0150. The van der Waals surface area contributed by atoms with Crippen LogP contribution in [0.1, 0.15) is 23.7 Å². The van der Waals surface area contributed by atoms with Crippen molar-refractivity contribution < 1.29 is 9.59 Å². The Balaban J connectivity index is 1.25. The molecular weight excluding hydrogens is 386 g/mol. The largest absolute Gasteiger partial charge is 0.353 e. The third-order valence-corrected chi connectivity index (χ3v) is 5.96. The number of amides is 1. The Kier molecular flexibility index (Phi) is 5.82. The lowest BCUT2D eigenvalue weighted by atomic mass is 10.1. The van der Waals surface area contributed by atoms with Crippen LogP contribution in [0.5, 0.6) is 0 Å². The van der Waals surface area contributed by atoms with Crippen LogP contribution in [-0.2, 0) is 4.79 Å². The first-order valence-electron chi connectivity index (χ1n) is 9.66. The van der Waals surface area contributed by atoms with Crippen molar-refractivity contribution in [3.8, 4) is 0 Å². The van der Waals surface area contributed by atoms with E-state index in [1.54, 1.807) is 41.9 Å². The Labute approximate surface area is 173 Å². The van der Waals surface area contributed by atoms with E-state index in [2.05, 4.69) is 31.2 Å². The molecule has 1 amide bonds. The van der Waals surface area contributed by atoms with Gasteiger partial charge in [0.2, 0.25) is 5.91 Å². The van der Waals surface area contributed by atoms with Crippen molar-refractivity contribution in [1.29, 1.82) is 0 Å². The quantitative estimate of drug-likeness (QED) is 0.631. The van der Waals surface area contributed by atoms with Crippen molar-refractivity contribution >= 4 is 44.7 Å². The van der Waals surface area contributed by atoms with Crippen molar-refractivity contribution in [1.82, 2.24) is 14.9 Å². The number of rotatable bonds is 6. The number of nitrogens with zero attached hydrogens (tertiary/aromatic N) is 4. The molecule has 1 saturated heterocycles. The zero-order valence-corrected chi connectivity index (χ0v) is 17.1. The fourth-order valence-corrected chi connectivity index (χ4v) is 4.21. The molecule has 0 saturated carbocycles. The lowest BCUT2D eigenvalue weighted by Gasteiger charge is -2.35. The van der Waals surface area contributed by atoms with Gasteiger partial charge in [-0.25, -0.2) is 9.97 Å². The summed E-state index contributed by atoms with van der Waals surface area (Å²) in [5.41, 5.74) is 1.36.